The van der Waals surface area contributed by atoms with Gasteiger partial charge >= 0.3 is 0 Å². The van der Waals surface area contributed by atoms with Crippen molar-refractivity contribution in [1.29, 1.82) is 0 Å². The summed E-state index contributed by atoms with van der Waals surface area (Å²) in [6.45, 7) is -0.170. The Hall–Kier alpha value is -1.91. The number of nitrogens with zero attached hydrogens (tertiary/aromatic N) is 1. The van der Waals surface area contributed by atoms with E-state index in [0.717, 1.165) is 5.56 Å². The van der Waals surface area contributed by atoms with Crippen LogP contribution in [0.4, 0.5) is 0 Å². The van der Waals surface area contributed by atoms with E-state index in [1.54, 1.807) is 12.1 Å². The number of carbonyl (C=O) groups is 1. The zero-order valence-electron chi connectivity index (χ0n) is 10.1. The topological polar surface area (TPSA) is 62.2 Å². The molecule has 0 bridgehead atoms. The first kappa shape index (κ1) is 13.5. The number of amides is 1. The highest BCUT2D eigenvalue weighted by Gasteiger charge is 2.14. The second kappa shape index (κ2) is 6.31. The number of rotatable bonds is 4. The van der Waals surface area contributed by atoms with Crippen LogP contribution in [-0.2, 0) is 0 Å². The number of carbonyl (C=O) groups excluding carboxylic acids is 1. The molecular formula is C14H13ClN2O2. The number of aliphatic hydroxyl groups is 1. The van der Waals surface area contributed by atoms with E-state index in [2.05, 4.69) is 10.3 Å². The number of hydrogen-bond donors (Lipinski definition) is 2. The average molecular weight is 277 g/mol. The molecule has 4 nitrogen and oxygen atoms in total. The van der Waals surface area contributed by atoms with Crippen molar-refractivity contribution in [2.24, 2.45) is 0 Å². The second-order valence-corrected chi connectivity index (χ2v) is 4.38. The lowest BCUT2D eigenvalue weighted by Crippen LogP contribution is -2.30. The lowest BCUT2D eigenvalue weighted by Gasteiger charge is -2.16. The van der Waals surface area contributed by atoms with Crippen molar-refractivity contribution in [2.45, 2.75) is 6.04 Å². The molecule has 0 radical (unpaired) electrons. The predicted molar refractivity (Wildman–Crippen MR) is 73.0 cm³/mol. The first-order chi connectivity index (χ1) is 9.20. The van der Waals surface area contributed by atoms with E-state index in [9.17, 15) is 9.90 Å². The summed E-state index contributed by atoms with van der Waals surface area (Å²) in [6, 6.07) is 12.0. The Morgan fingerprint density at radius 1 is 1.26 bits per heavy atom. The third-order valence-electron chi connectivity index (χ3n) is 2.68. The Bertz CT molecular complexity index is 543. The third-order valence-corrected chi connectivity index (χ3v) is 2.90. The normalized spacial score (nSPS) is 11.9. The minimum atomic E-state index is -0.440. The van der Waals surface area contributed by atoms with Crippen LogP contribution in [0.15, 0.2) is 48.7 Å². The van der Waals surface area contributed by atoms with Gasteiger partial charge in [-0.05, 0) is 17.7 Å². The number of aliphatic hydroxyl groups excluding tert-OH is 1. The van der Waals surface area contributed by atoms with Crippen LogP contribution in [0.2, 0.25) is 5.15 Å². The van der Waals surface area contributed by atoms with Gasteiger partial charge in [-0.3, -0.25) is 4.79 Å². The smallest absolute Gasteiger partial charge is 0.253 e. The van der Waals surface area contributed by atoms with E-state index in [0.29, 0.717) is 10.7 Å². The Morgan fingerprint density at radius 3 is 2.58 bits per heavy atom. The largest absolute Gasteiger partial charge is 0.394 e. The van der Waals surface area contributed by atoms with Crippen LogP contribution in [0.25, 0.3) is 0 Å². The van der Waals surface area contributed by atoms with Gasteiger partial charge in [-0.15, -0.1) is 0 Å². The van der Waals surface area contributed by atoms with Crippen molar-refractivity contribution in [3.63, 3.8) is 0 Å². The van der Waals surface area contributed by atoms with Gasteiger partial charge < -0.3 is 10.4 Å². The van der Waals surface area contributed by atoms with E-state index in [1.807, 2.05) is 30.3 Å². The molecule has 1 heterocycles. The fourth-order valence-electron chi connectivity index (χ4n) is 1.67. The number of hydrogen-bond acceptors (Lipinski definition) is 3. The molecule has 0 saturated heterocycles. The number of pyridine rings is 1. The zero-order valence-corrected chi connectivity index (χ0v) is 10.8. The lowest BCUT2D eigenvalue weighted by atomic mass is 10.1. The van der Waals surface area contributed by atoms with Crippen LogP contribution in [0, 0.1) is 0 Å². The van der Waals surface area contributed by atoms with Gasteiger partial charge in [-0.2, -0.15) is 0 Å². The molecule has 0 fully saturated rings. The molecule has 0 aliphatic carbocycles. The summed E-state index contributed by atoms with van der Waals surface area (Å²) >= 11 is 5.66. The van der Waals surface area contributed by atoms with Gasteiger partial charge in [0.25, 0.3) is 5.91 Å². The summed E-state index contributed by atoms with van der Waals surface area (Å²) in [5.74, 6) is -0.299. The Kier molecular flexibility index (Phi) is 4.49. The van der Waals surface area contributed by atoms with Gasteiger partial charge in [0.05, 0.1) is 18.2 Å². The fraction of sp³-hybridized carbons (Fsp3) is 0.143. The van der Waals surface area contributed by atoms with Crippen molar-refractivity contribution in [3.8, 4) is 0 Å². The molecule has 1 aromatic heterocycles. The molecule has 1 amide bonds. The fourth-order valence-corrected chi connectivity index (χ4v) is 1.78. The molecule has 2 N–H and O–H groups in total. The van der Waals surface area contributed by atoms with Gasteiger partial charge in [-0.25, -0.2) is 4.98 Å². The highest BCUT2D eigenvalue weighted by atomic mass is 35.5. The first-order valence-electron chi connectivity index (χ1n) is 5.79. The number of benzene rings is 1. The molecule has 2 rings (SSSR count). The van der Waals surface area contributed by atoms with Crippen molar-refractivity contribution in [1.82, 2.24) is 10.3 Å². The van der Waals surface area contributed by atoms with E-state index >= 15 is 0 Å². The van der Waals surface area contributed by atoms with E-state index in [4.69, 9.17) is 11.6 Å². The Labute approximate surface area is 116 Å². The molecule has 0 aliphatic heterocycles. The minimum absolute atomic E-state index is 0.170. The monoisotopic (exact) mass is 276 g/mol. The van der Waals surface area contributed by atoms with Crippen LogP contribution in [0.5, 0.6) is 0 Å². The standard InChI is InChI=1S/C14H13ClN2O2/c15-13-7-6-11(8-16-13)14(19)17-12(9-18)10-4-2-1-3-5-10/h1-8,12,18H,9H2,(H,17,19)/t12-/m1/s1. The summed E-state index contributed by atoms with van der Waals surface area (Å²) < 4.78 is 0. The maximum absolute atomic E-state index is 12.0. The van der Waals surface area contributed by atoms with Gasteiger partial charge in [0, 0.05) is 6.20 Å². The van der Waals surface area contributed by atoms with Crippen molar-refractivity contribution >= 4 is 17.5 Å². The van der Waals surface area contributed by atoms with Crippen LogP contribution in [-0.4, -0.2) is 22.6 Å². The Morgan fingerprint density at radius 2 is 2.00 bits per heavy atom. The van der Waals surface area contributed by atoms with E-state index in [1.165, 1.54) is 6.20 Å². The molecule has 19 heavy (non-hydrogen) atoms. The average Bonchev–Trinajstić information content (AvgIpc) is 2.46. The van der Waals surface area contributed by atoms with E-state index in [-0.39, 0.29) is 12.5 Å². The van der Waals surface area contributed by atoms with Gasteiger partial charge in [0.1, 0.15) is 5.15 Å². The molecule has 98 valence electrons. The number of aromatic nitrogens is 1. The maximum atomic E-state index is 12.0. The summed E-state index contributed by atoms with van der Waals surface area (Å²) in [7, 11) is 0. The van der Waals surface area contributed by atoms with Gasteiger partial charge in [0.15, 0.2) is 0 Å². The minimum Gasteiger partial charge on any atom is -0.394 e. The third kappa shape index (κ3) is 3.53. The van der Waals surface area contributed by atoms with Crippen LogP contribution < -0.4 is 5.32 Å². The van der Waals surface area contributed by atoms with E-state index < -0.39 is 6.04 Å². The molecule has 2 aromatic rings. The highest BCUT2D eigenvalue weighted by molar-refractivity contribution is 6.29. The van der Waals surface area contributed by atoms with Gasteiger partial charge in [-0.1, -0.05) is 41.9 Å². The van der Waals surface area contributed by atoms with Crippen LogP contribution >= 0.6 is 11.6 Å². The van der Waals surface area contributed by atoms with Crippen LogP contribution in [0.1, 0.15) is 22.0 Å². The predicted octanol–water partition coefficient (Wildman–Crippen LogP) is 2.20. The molecule has 1 aromatic carbocycles. The Balaban J connectivity index is 2.10. The molecule has 5 heteroatoms. The summed E-state index contributed by atoms with van der Waals surface area (Å²) in [5, 5.41) is 12.4. The molecule has 0 spiro atoms. The number of halogens is 1. The zero-order chi connectivity index (χ0) is 13.7. The first-order valence-corrected chi connectivity index (χ1v) is 6.16. The lowest BCUT2D eigenvalue weighted by molar-refractivity contribution is 0.0916. The van der Waals surface area contributed by atoms with Crippen molar-refractivity contribution in [3.05, 3.63) is 64.9 Å². The number of nitrogens with one attached hydrogen (secondary N) is 1. The molecule has 0 saturated carbocycles. The molecular weight excluding hydrogens is 264 g/mol. The molecule has 0 aliphatic rings. The van der Waals surface area contributed by atoms with Crippen molar-refractivity contribution < 1.29 is 9.90 Å². The quantitative estimate of drug-likeness (QED) is 0.842. The van der Waals surface area contributed by atoms with Gasteiger partial charge in [0.2, 0.25) is 0 Å². The second-order valence-electron chi connectivity index (χ2n) is 3.99. The summed E-state index contributed by atoms with van der Waals surface area (Å²) in [4.78, 5) is 15.8. The summed E-state index contributed by atoms with van der Waals surface area (Å²) in [6.07, 6.45) is 1.40. The molecule has 1 atom stereocenters. The highest BCUT2D eigenvalue weighted by Crippen LogP contribution is 2.13. The molecule has 0 unspecified atom stereocenters. The summed E-state index contributed by atoms with van der Waals surface area (Å²) in [5.41, 5.74) is 1.25. The maximum Gasteiger partial charge on any atom is 0.253 e. The van der Waals surface area contributed by atoms with Crippen LogP contribution in [0.3, 0.4) is 0 Å². The van der Waals surface area contributed by atoms with Crippen molar-refractivity contribution in [2.75, 3.05) is 6.61 Å². The SMILES string of the molecule is O=C(N[C@H](CO)c1ccccc1)c1ccc(Cl)nc1.